The van der Waals surface area contributed by atoms with Gasteiger partial charge in [-0.3, -0.25) is 19.1 Å². The number of benzene rings is 4. The van der Waals surface area contributed by atoms with Crippen molar-refractivity contribution in [3.05, 3.63) is 126 Å². The molecule has 54 heavy (non-hydrogen) atoms. The highest BCUT2D eigenvalue weighted by Crippen LogP contribution is 2.40. The number of hydrogen-bond donors (Lipinski definition) is 3. The van der Waals surface area contributed by atoms with Crippen molar-refractivity contribution in [2.75, 3.05) is 27.0 Å². The first kappa shape index (κ1) is 36.5. The molecule has 5 aromatic rings. The average Bonchev–Trinajstić information content (AvgIpc) is 3.67. The van der Waals surface area contributed by atoms with Crippen molar-refractivity contribution in [2.45, 2.75) is 84.1 Å². The zero-order valence-electron chi connectivity index (χ0n) is 31.5. The Morgan fingerprint density at radius 1 is 0.667 bits per heavy atom. The van der Waals surface area contributed by atoms with Crippen LogP contribution in [-0.2, 0) is 16.1 Å². The lowest BCUT2D eigenvalue weighted by Gasteiger charge is -2.40. The maximum absolute atomic E-state index is 13.0. The van der Waals surface area contributed by atoms with Crippen LogP contribution >= 0.6 is 0 Å². The molecule has 10 nitrogen and oxygen atoms in total. The van der Waals surface area contributed by atoms with Gasteiger partial charge in [-0.05, 0) is 91.9 Å². The summed E-state index contributed by atoms with van der Waals surface area (Å²) in [6, 6.07) is 32.5. The fraction of sp³-hybridized carbons (Fsp3) is 0.318. The fourth-order valence-corrected chi connectivity index (χ4v) is 7.90. The van der Waals surface area contributed by atoms with Crippen molar-refractivity contribution in [1.29, 1.82) is 0 Å². The average molecular weight is 724 g/mol. The summed E-state index contributed by atoms with van der Waals surface area (Å²) in [6.45, 7) is 9.00. The number of aromatic nitrogens is 2. The molecule has 1 aromatic heterocycles. The molecule has 4 aromatic carbocycles. The van der Waals surface area contributed by atoms with Gasteiger partial charge in [0, 0.05) is 71.5 Å². The van der Waals surface area contributed by atoms with E-state index in [1.807, 2.05) is 101 Å². The lowest BCUT2D eigenvalue weighted by atomic mass is 9.91. The number of nitrogens with one attached hydrogen (secondary N) is 3. The van der Waals surface area contributed by atoms with Crippen LogP contribution < -0.4 is 25.8 Å². The predicted octanol–water partition coefficient (Wildman–Crippen LogP) is 8.36. The SMILES string of the molecule is CCC(=O)N1c2ccccc2[C@H](Nc2ccc(C(=O)NCCn3cc(-c4ccc(N[C@@H]5C[C@H](C)N(C(=O)CC)c6ccccc65)cc4)cn3)cc2)C[C@@H]1C. The molecule has 0 aliphatic carbocycles. The number of fused-ring (bicyclic) bond motifs is 2. The molecule has 4 atom stereocenters. The Bertz CT molecular complexity index is 2110. The number of nitrogens with zero attached hydrogens (tertiary/aromatic N) is 4. The summed E-state index contributed by atoms with van der Waals surface area (Å²) in [4.78, 5) is 42.3. The largest absolute Gasteiger partial charge is 0.378 e. The lowest BCUT2D eigenvalue weighted by Crippen LogP contribution is -2.44. The van der Waals surface area contributed by atoms with Crippen molar-refractivity contribution in [3.8, 4) is 11.1 Å². The van der Waals surface area contributed by atoms with Gasteiger partial charge in [-0.1, -0.05) is 62.4 Å². The maximum atomic E-state index is 13.0. The van der Waals surface area contributed by atoms with Crippen molar-refractivity contribution in [3.63, 3.8) is 0 Å². The smallest absolute Gasteiger partial charge is 0.251 e. The molecule has 278 valence electrons. The first-order valence-corrected chi connectivity index (χ1v) is 19.1. The molecular formula is C44H49N7O3. The molecule has 2 aliphatic rings. The van der Waals surface area contributed by atoms with Gasteiger partial charge in [0.25, 0.3) is 5.91 Å². The van der Waals surface area contributed by atoms with E-state index in [4.69, 9.17) is 0 Å². The van der Waals surface area contributed by atoms with Crippen LogP contribution in [0.15, 0.2) is 109 Å². The number of hydrogen-bond acceptors (Lipinski definition) is 6. The highest BCUT2D eigenvalue weighted by atomic mass is 16.2. The standard InChI is InChI=1S/C44H49N7O3/c1-5-42(52)50-29(3)25-38(36-11-7-9-13-40(36)50)47-34-19-15-31(16-20-34)33-27-46-49(28-33)24-23-45-44(54)32-17-21-35(22-18-32)48-39-26-30(4)51(43(53)6-2)41-14-10-8-12-37(39)41/h7-22,27-30,38-39,47-48H,5-6,23-26H2,1-4H3,(H,45,54)/t29-,30-,38+,39+/m0/s1. The Morgan fingerprint density at radius 3 is 1.69 bits per heavy atom. The van der Waals surface area contributed by atoms with Gasteiger partial charge in [-0.15, -0.1) is 0 Å². The number of carbonyl (C=O) groups excluding carboxylic acids is 3. The van der Waals surface area contributed by atoms with Gasteiger partial charge in [0.2, 0.25) is 11.8 Å². The second kappa shape index (κ2) is 16.0. The lowest BCUT2D eigenvalue weighted by molar-refractivity contribution is -0.119. The van der Waals surface area contributed by atoms with E-state index in [9.17, 15) is 14.4 Å². The van der Waals surface area contributed by atoms with Crippen LogP contribution in [0, 0.1) is 0 Å². The predicted molar refractivity (Wildman–Crippen MR) is 216 cm³/mol. The molecule has 0 bridgehead atoms. The molecule has 7 rings (SSSR count). The maximum Gasteiger partial charge on any atom is 0.251 e. The van der Waals surface area contributed by atoms with E-state index in [-0.39, 0.29) is 41.9 Å². The molecule has 0 unspecified atom stereocenters. The highest BCUT2D eigenvalue weighted by Gasteiger charge is 2.34. The Balaban J connectivity index is 0.910. The number of amides is 3. The second-order valence-electron chi connectivity index (χ2n) is 14.3. The highest BCUT2D eigenvalue weighted by molar-refractivity contribution is 5.96. The Hall–Kier alpha value is -5.90. The minimum absolute atomic E-state index is 0.0557. The second-order valence-corrected chi connectivity index (χ2v) is 14.3. The third-order valence-electron chi connectivity index (χ3n) is 10.6. The van der Waals surface area contributed by atoms with Crippen molar-refractivity contribution in [2.24, 2.45) is 0 Å². The minimum Gasteiger partial charge on any atom is -0.378 e. The third kappa shape index (κ3) is 7.60. The van der Waals surface area contributed by atoms with Crippen LogP contribution in [-0.4, -0.2) is 46.1 Å². The molecule has 0 saturated carbocycles. The van der Waals surface area contributed by atoms with E-state index in [1.54, 1.807) is 0 Å². The van der Waals surface area contributed by atoms with E-state index in [2.05, 4.69) is 71.3 Å². The fourth-order valence-electron chi connectivity index (χ4n) is 7.90. The summed E-state index contributed by atoms with van der Waals surface area (Å²) in [5.41, 5.74) is 8.78. The topological polar surface area (TPSA) is 112 Å². The quantitative estimate of drug-likeness (QED) is 0.126. The van der Waals surface area contributed by atoms with Crippen molar-refractivity contribution >= 4 is 40.5 Å². The Kier molecular flexibility index (Phi) is 10.8. The summed E-state index contributed by atoms with van der Waals surface area (Å²) < 4.78 is 1.84. The van der Waals surface area contributed by atoms with Gasteiger partial charge in [-0.2, -0.15) is 5.10 Å². The van der Waals surface area contributed by atoms with E-state index in [1.165, 1.54) is 0 Å². The molecule has 10 heteroatoms. The van der Waals surface area contributed by atoms with Gasteiger partial charge in [0.1, 0.15) is 0 Å². The van der Waals surface area contributed by atoms with Gasteiger partial charge < -0.3 is 25.8 Å². The first-order valence-electron chi connectivity index (χ1n) is 19.1. The summed E-state index contributed by atoms with van der Waals surface area (Å²) in [5, 5.41) is 14.9. The monoisotopic (exact) mass is 723 g/mol. The summed E-state index contributed by atoms with van der Waals surface area (Å²) in [7, 11) is 0. The summed E-state index contributed by atoms with van der Waals surface area (Å²) in [5.74, 6) is 0.145. The molecule has 0 saturated heterocycles. The van der Waals surface area contributed by atoms with E-state index in [0.29, 0.717) is 31.5 Å². The van der Waals surface area contributed by atoms with Gasteiger partial charge in [0.15, 0.2) is 0 Å². The summed E-state index contributed by atoms with van der Waals surface area (Å²) in [6.07, 6.45) is 6.42. The van der Waals surface area contributed by atoms with Gasteiger partial charge in [-0.25, -0.2) is 0 Å². The van der Waals surface area contributed by atoms with Gasteiger partial charge in [0.05, 0.1) is 24.8 Å². The number of rotatable bonds is 11. The number of para-hydroxylation sites is 2. The van der Waals surface area contributed by atoms with Gasteiger partial charge >= 0.3 is 0 Å². The van der Waals surface area contributed by atoms with Crippen molar-refractivity contribution < 1.29 is 14.4 Å². The summed E-state index contributed by atoms with van der Waals surface area (Å²) >= 11 is 0. The number of carbonyl (C=O) groups is 3. The first-order chi connectivity index (χ1) is 26.2. The molecule has 3 amide bonds. The molecular weight excluding hydrogens is 675 g/mol. The van der Waals surface area contributed by atoms with Crippen LogP contribution in [0.1, 0.15) is 86.9 Å². The zero-order chi connectivity index (χ0) is 37.8. The van der Waals surface area contributed by atoms with Crippen LogP contribution in [0.4, 0.5) is 22.7 Å². The molecule has 0 spiro atoms. The van der Waals surface area contributed by atoms with Crippen LogP contribution in [0.5, 0.6) is 0 Å². The minimum atomic E-state index is -0.137. The molecule has 2 aliphatic heterocycles. The van der Waals surface area contributed by atoms with E-state index in [0.717, 1.165) is 57.8 Å². The molecule has 0 radical (unpaired) electrons. The van der Waals surface area contributed by atoms with Crippen LogP contribution in [0.2, 0.25) is 0 Å². The van der Waals surface area contributed by atoms with Crippen LogP contribution in [0.25, 0.3) is 11.1 Å². The molecule has 3 heterocycles. The zero-order valence-corrected chi connectivity index (χ0v) is 31.5. The third-order valence-corrected chi connectivity index (χ3v) is 10.6. The molecule has 0 fully saturated rings. The van der Waals surface area contributed by atoms with Crippen LogP contribution in [0.3, 0.4) is 0 Å². The Labute approximate surface area is 317 Å². The van der Waals surface area contributed by atoms with E-state index < -0.39 is 0 Å². The van der Waals surface area contributed by atoms with E-state index >= 15 is 0 Å². The number of anilines is 4. The molecule has 3 N–H and O–H groups in total. The Morgan fingerprint density at radius 2 is 1.17 bits per heavy atom. The normalized spacial score (nSPS) is 19.0. The van der Waals surface area contributed by atoms with Crippen molar-refractivity contribution in [1.82, 2.24) is 15.1 Å².